The van der Waals surface area contributed by atoms with Crippen molar-refractivity contribution in [2.45, 2.75) is 112 Å². The molecular formula is C40H49N5O11S2. The molecule has 4 fully saturated rings. The molecule has 16 nitrogen and oxygen atoms in total. The number of carbonyl (C=O) groups excluding carboxylic acids is 4. The van der Waals surface area contributed by atoms with E-state index in [-0.39, 0.29) is 60.6 Å². The number of benzene rings is 2. The van der Waals surface area contributed by atoms with Crippen molar-refractivity contribution in [3.63, 3.8) is 0 Å². The van der Waals surface area contributed by atoms with Gasteiger partial charge in [0.15, 0.2) is 23.0 Å². The van der Waals surface area contributed by atoms with Crippen molar-refractivity contribution >= 4 is 47.4 Å². The molecule has 4 unspecified atom stereocenters. The summed E-state index contributed by atoms with van der Waals surface area (Å²) in [6.07, 6.45) is 1.87. The average Bonchev–Trinajstić information content (AvgIpc) is 3.91. The summed E-state index contributed by atoms with van der Waals surface area (Å²) in [6, 6.07) is -1.16. The first-order chi connectivity index (χ1) is 27.9. The number of phenolic OH excluding ortho intramolecular Hbond substituents is 1. The lowest BCUT2D eigenvalue weighted by molar-refractivity contribution is -0.184. The molecule has 312 valence electrons. The predicted molar refractivity (Wildman–Crippen MR) is 212 cm³/mol. The second kappa shape index (κ2) is 15.2. The smallest absolute Gasteiger partial charge is 0.329 e. The SMILES string of the molecule is COc1c(C)cc2c(c1O)[C@@H]1C3[C@@H]4SC[C@H](NC(=O)CCCCC5SCC6NC(=O)NC65)C(=O)OC[C@@H](c5c6c(c(C)c(OC(C)=O)c54)OCO6)N3[C@@H](O)[C@H](C2)N1C. The highest BCUT2D eigenvalue weighted by Crippen LogP contribution is 2.64. The Morgan fingerprint density at radius 3 is 2.60 bits per heavy atom. The number of unbranched alkanes of at least 4 members (excludes halogenated alkanes) is 1. The number of esters is 2. The van der Waals surface area contributed by atoms with Gasteiger partial charge in [-0.05, 0) is 51.3 Å². The first-order valence-corrected chi connectivity index (χ1v) is 21.9. The van der Waals surface area contributed by atoms with E-state index in [1.54, 1.807) is 0 Å². The van der Waals surface area contributed by atoms with Gasteiger partial charge in [-0.15, -0.1) is 11.8 Å². The molecule has 10 rings (SSSR count). The lowest BCUT2D eigenvalue weighted by Gasteiger charge is -2.62. The van der Waals surface area contributed by atoms with Gasteiger partial charge >= 0.3 is 18.0 Å². The van der Waals surface area contributed by atoms with E-state index in [0.717, 1.165) is 29.7 Å². The van der Waals surface area contributed by atoms with Crippen LogP contribution in [0.5, 0.6) is 28.7 Å². The Labute approximate surface area is 344 Å². The van der Waals surface area contributed by atoms with Crippen LogP contribution >= 0.6 is 23.5 Å². The number of carbonyl (C=O) groups is 4. The van der Waals surface area contributed by atoms with Crippen LogP contribution in [0.4, 0.5) is 4.79 Å². The number of phenols is 1. The van der Waals surface area contributed by atoms with Crippen LogP contribution in [0.1, 0.15) is 83.3 Å². The van der Waals surface area contributed by atoms with Gasteiger partial charge in [-0.25, -0.2) is 9.59 Å². The molecule has 5 N–H and O–H groups in total. The quantitative estimate of drug-likeness (QED) is 0.113. The topological polar surface area (TPSA) is 197 Å². The molecule has 0 aromatic heterocycles. The zero-order valence-corrected chi connectivity index (χ0v) is 34.6. The third-order valence-corrected chi connectivity index (χ3v) is 15.8. The molecule has 0 aliphatic carbocycles. The Morgan fingerprint density at radius 1 is 1.03 bits per heavy atom. The number of urea groups is 1. The number of hydrogen-bond donors (Lipinski definition) is 5. The highest BCUT2D eigenvalue weighted by atomic mass is 32.2. The minimum Gasteiger partial charge on any atom is -0.504 e. The van der Waals surface area contributed by atoms with Crippen molar-refractivity contribution in [2.75, 3.05) is 39.1 Å². The second-order valence-electron chi connectivity index (χ2n) is 16.2. The van der Waals surface area contributed by atoms with Crippen molar-refractivity contribution in [1.82, 2.24) is 25.8 Å². The fourth-order valence-corrected chi connectivity index (χ4v) is 13.5. The molecular weight excluding hydrogens is 791 g/mol. The van der Waals surface area contributed by atoms with Crippen molar-refractivity contribution in [3.8, 4) is 28.7 Å². The number of rotatable bonds is 8. The Morgan fingerprint density at radius 2 is 1.83 bits per heavy atom. The van der Waals surface area contributed by atoms with Gasteiger partial charge in [0, 0.05) is 58.4 Å². The van der Waals surface area contributed by atoms with Gasteiger partial charge in [0.25, 0.3) is 0 Å². The van der Waals surface area contributed by atoms with E-state index >= 15 is 0 Å². The van der Waals surface area contributed by atoms with Crippen molar-refractivity contribution in [1.29, 1.82) is 0 Å². The third kappa shape index (κ3) is 6.32. The molecule has 18 heteroatoms. The molecule has 10 atom stereocenters. The number of aliphatic hydroxyl groups excluding tert-OH is 1. The van der Waals surface area contributed by atoms with E-state index in [1.807, 2.05) is 43.6 Å². The maximum absolute atomic E-state index is 13.9. The molecule has 4 saturated heterocycles. The number of methoxy groups -OCH3 is 1. The first-order valence-electron chi connectivity index (χ1n) is 19.8. The summed E-state index contributed by atoms with van der Waals surface area (Å²) in [6.45, 7) is 4.74. The zero-order valence-electron chi connectivity index (χ0n) is 33.0. The number of amides is 3. The van der Waals surface area contributed by atoms with Gasteiger partial charge in [-0.3, -0.25) is 19.4 Å². The minimum absolute atomic E-state index is 0.0250. The predicted octanol–water partition coefficient (Wildman–Crippen LogP) is 2.87. The molecule has 4 bridgehead atoms. The number of fused-ring (bicyclic) bond motifs is 11. The summed E-state index contributed by atoms with van der Waals surface area (Å²) in [7, 11) is 3.46. The van der Waals surface area contributed by atoms with Crippen LogP contribution in [-0.2, 0) is 25.5 Å². The number of hydrogen-bond acceptors (Lipinski definition) is 15. The number of aryl methyl sites for hydroxylation is 1. The summed E-state index contributed by atoms with van der Waals surface area (Å²) in [5.74, 6) is 1.11. The maximum atomic E-state index is 13.9. The van der Waals surface area contributed by atoms with Crippen molar-refractivity contribution in [2.24, 2.45) is 0 Å². The standard InChI is InChI=1S/C40H49N5O11S2/c1-16-10-19-11-22-38(49)45-23-12-53-39(50)21(41-25(47)9-7-6-8-24-29-20(13-57-24)42-40(51)43-29)14-58-37(31(45)30(44(22)4)26(19)32(48)33(16)52-5)28-27(23)36-35(54-15-55-36)17(2)34(28)56-18(3)46/h10,20-24,29-31,37-38,48-49H,6-9,11-15H2,1-5H3,(H,41,47)(H2,42,43,51)/t20?,21-,22-,23-,24?,29?,30+,31?,37+,38-/m0/s1. The van der Waals surface area contributed by atoms with E-state index in [0.29, 0.717) is 58.1 Å². The van der Waals surface area contributed by atoms with Crippen molar-refractivity contribution in [3.05, 3.63) is 39.4 Å². The number of nitrogens with zero attached hydrogens (tertiary/aromatic N) is 2. The van der Waals surface area contributed by atoms with Gasteiger partial charge in [0.2, 0.25) is 12.7 Å². The normalized spacial score (nSPS) is 31.9. The van der Waals surface area contributed by atoms with Crippen LogP contribution < -0.4 is 34.9 Å². The summed E-state index contributed by atoms with van der Waals surface area (Å²) in [4.78, 5) is 56.1. The molecule has 8 aliphatic rings. The lowest BCUT2D eigenvalue weighted by Crippen LogP contribution is -2.69. The molecule has 0 radical (unpaired) electrons. The molecule has 8 heterocycles. The highest BCUT2D eigenvalue weighted by Gasteiger charge is 2.60. The number of likely N-dealkylation sites (N-methyl/N-ethyl adjacent to an activating group) is 1. The number of nitrogens with one attached hydrogen (secondary N) is 3. The Bertz CT molecular complexity index is 2070. The Kier molecular flexibility index (Phi) is 10.3. The molecule has 58 heavy (non-hydrogen) atoms. The number of aliphatic hydroxyl groups is 1. The first kappa shape index (κ1) is 39.4. The van der Waals surface area contributed by atoms with Crippen LogP contribution in [-0.4, -0.2) is 125 Å². The lowest BCUT2D eigenvalue weighted by atomic mass is 9.73. The fourth-order valence-electron chi connectivity index (χ4n) is 10.4. The monoisotopic (exact) mass is 839 g/mol. The van der Waals surface area contributed by atoms with Gasteiger partial charge < -0.3 is 49.8 Å². The van der Waals surface area contributed by atoms with Gasteiger partial charge in [-0.2, -0.15) is 11.8 Å². The van der Waals surface area contributed by atoms with E-state index in [1.165, 1.54) is 25.8 Å². The van der Waals surface area contributed by atoms with E-state index < -0.39 is 53.6 Å². The second-order valence-corrected chi connectivity index (χ2v) is 18.7. The molecule has 2 aromatic rings. The maximum Gasteiger partial charge on any atom is 0.329 e. The molecule has 8 aliphatic heterocycles. The van der Waals surface area contributed by atoms with Crippen LogP contribution in [0.15, 0.2) is 6.07 Å². The molecule has 2 aromatic carbocycles. The number of thioether (sulfide) groups is 2. The largest absolute Gasteiger partial charge is 0.504 e. The number of piperazine rings is 1. The highest BCUT2D eigenvalue weighted by molar-refractivity contribution is 8.00. The van der Waals surface area contributed by atoms with Crippen molar-refractivity contribution < 1.29 is 53.1 Å². The third-order valence-electron chi connectivity index (χ3n) is 12.9. The van der Waals surface area contributed by atoms with Gasteiger partial charge in [0.05, 0.1) is 42.6 Å². The fraction of sp³-hybridized carbons (Fsp3) is 0.600. The summed E-state index contributed by atoms with van der Waals surface area (Å²) < 4.78 is 30.0. The van der Waals surface area contributed by atoms with E-state index in [4.69, 9.17) is 23.7 Å². The van der Waals surface area contributed by atoms with E-state index in [2.05, 4.69) is 20.9 Å². The zero-order chi connectivity index (χ0) is 40.7. The summed E-state index contributed by atoms with van der Waals surface area (Å²) in [5.41, 5.74) is 4.18. The van der Waals surface area contributed by atoms with Gasteiger partial charge in [-0.1, -0.05) is 12.5 Å². The van der Waals surface area contributed by atoms with Crippen LogP contribution in [0.2, 0.25) is 0 Å². The van der Waals surface area contributed by atoms with Crippen LogP contribution in [0.25, 0.3) is 0 Å². The molecule has 0 saturated carbocycles. The van der Waals surface area contributed by atoms with Gasteiger partial charge in [0.1, 0.15) is 24.6 Å². The van der Waals surface area contributed by atoms with Crippen LogP contribution in [0.3, 0.4) is 0 Å². The Balaban J connectivity index is 1.07. The summed E-state index contributed by atoms with van der Waals surface area (Å²) in [5, 5.41) is 33.0. The average molecular weight is 840 g/mol. The molecule has 0 spiro atoms. The number of aromatic hydroxyl groups is 1. The van der Waals surface area contributed by atoms with Crippen LogP contribution in [0, 0.1) is 13.8 Å². The molecule has 3 amide bonds. The summed E-state index contributed by atoms with van der Waals surface area (Å²) >= 11 is 3.22. The Hall–Kier alpha value is -4.10. The van der Waals surface area contributed by atoms with E-state index in [9.17, 15) is 29.4 Å². The minimum atomic E-state index is -1.05. The number of ether oxygens (including phenoxy) is 5.